The van der Waals surface area contributed by atoms with Crippen LogP contribution < -0.4 is 15.2 Å². The summed E-state index contributed by atoms with van der Waals surface area (Å²) in [5, 5.41) is 0. The highest BCUT2D eigenvalue weighted by Crippen LogP contribution is 2.34. The molecule has 120 valence electrons. The van der Waals surface area contributed by atoms with Gasteiger partial charge in [0.05, 0.1) is 0 Å². The first-order chi connectivity index (χ1) is 10.6. The fourth-order valence-corrected chi connectivity index (χ4v) is 3.23. The number of hydrogen-bond acceptors (Lipinski definition) is 5. The lowest BCUT2D eigenvalue weighted by atomic mass is 9.99. The summed E-state index contributed by atoms with van der Waals surface area (Å²) in [6, 6.07) is 3.43. The van der Waals surface area contributed by atoms with Gasteiger partial charge in [-0.25, -0.2) is 0 Å². The Labute approximate surface area is 131 Å². The van der Waals surface area contributed by atoms with Crippen LogP contribution in [0.3, 0.4) is 0 Å². The van der Waals surface area contributed by atoms with E-state index >= 15 is 0 Å². The Morgan fingerprint density at radius 3 is 2.77 bits per heavy atom. The van der Waals surface area contributed by atoms with Crippen molar-refractivity contribution >= 4 is 11.5 Å². The van der Waals surface area contributed by atoms with Gasteiger partial charge in [0.2, 0.25) is 0 Å². The van der Waals surface area contributed by atoms with E-state index < -0.39 is 0 Å². The monoisotopic (exact) mass is 304 g/mol. The van der Waals surface area contributed by atoms with Crippen LogP contribution in [-0.4, -0.2) is 43.5 Å². The van der Waals surface area contributed by atoms with Crippen molar-refractivity contribution in [3.8, 4) is 11.5 Å². The van der Waals surface area contributed by atoms with E-state index in [1.165, 1.54) is 12.8 Å². The van der Waals surface area contributed by atoms with E-state index in [2.05, 4.69) is 11.8 Å². The molecule has 0 aliphatic carbocycles. The van der Waals surface area contributed by atoms with Crippen LogP contribution in [0, 0.1) is 5.92 Å². The van der Waals surface area contributed by atoms with Crippen LogP contribution in [0.15, 0.2) is 12.1 Å². The maximum absolute atomic E-state index is 12.5. The normalized spacial score (nSPS) is 21.6. The van der Waals surface area contributed by atoms with Crippen molar-refractivity contribution in [2.75, 3.05) is 38.6 Å². The van der Waals surface area contributed by atoms with E-state index in [9.17, 15) is 4.79 Å². The molecule has 22 heavy (non-hydrogen) atoms. The Morgan fingerprint density at radius 2 is 2.05 bits per heavy atom. The van der Waals surface area contributed by atoms with Gasteiger partial charge < -0.3 is 20.1 Å². The summed E-state index contributed by atoms with van der Waals surface area (Å²) in [6.45, 7) is 6.28. The minimum absolute atomic E-state index is 0.0766. The minimum Gasteiger partial charge on any atom is -0.486 e. The minimum atomic E-state index is 0.0766. The highest BCUT2D eigenvalue weighted by Gasteiger charge is 2.20. The highest BCUT2D eigenvalue weighted by molar-refractivity contribution is 6.01. The third-order valence-corrected chi connectivity index (χ3v) is 4.41. The number of ketones is 1. The lowest BCUT2D eigenvalue weighted by Gasteiger charge is -2.30. The van der Waals surface area contributed by atoms with Gasteiger partial charge in [-0.15, -0.1) is 0 Å². The second-order valence-corrected chi connectivity index (χ2v) is 6.30. The summed E-state index contributed by atoms with van der Waals surface area (Å²) in [5.41, 5.74) is 7.03. The van der Waals surface area contributed by atoms with Crippen molar-refractivity contribution < 1.29 is 14.3 Å². The third kappa shape index (κ3) is 3.35. The van der Waals surface area contributed by atoms with E-state index in [4.69, 9.17) is 15.2 Å². The summed E-state index contributed by atoms with van der Waals surface area (Å²) in [7, 11) is 0. The molecule has 5 nitrogen and oxygen atoms in total. The van der Waals surface area contributed by atoms with E-state index in [0.29, 0.717) is 42.4 Å². The van der Waals surface area contributed by atoms with Gasteiger partial charge in [-0.3, -0.25) is 4.79 Å². The first kappa shape index (κ1) is 15.2. The Hall–Kier alpha value is -1.75. The number of piperidine rings is 1. The Balaban J connectivity index is 1.64. The third-order valence-electron chi connectivity index (χ3n) is 4.41. The first-order valence-electron chi connectivity index (χ1n) is 8.08. The van der Waals surface area contributed by atoms with Gasteiger partial charge in [0.1, 0.15) is 13.2 Å². The van der Waals surface area contributed by atoms with E-state index in [1.54, 1.807) is 12.1 Å². The summed E-state index contributed by atoms with van der Waals surface area (Å²) >= 11 is 0. The second-order valence-electron chi connectivity index (χ2n) is 6.30. The number of nitrogen functional groups attached to an aromatic ring is 1. The number of rotatable bonds is 4. The van der Waals surface area contributed by atoms with Gasteiger partial charge in [-0.05, 0) is 31.4 Å². The van der Waals surface area contributed by atoms with Crippen molar-refractivity contribution in [1.82, 2.24) is 4.90 Å². The first-order valence-corrected chi connectivity index (χ1v) is 8.08. The lowest BCUT2D eigenvalue weighted by Crippen LogP contribution is -2.35. The molecular formula is C17H24N2O3. The topological polar surface area (TPSA) is 64.8 Å². The van der Waals surface area contributed by atoms with Crippen LogP contribution in [0.25, 0.3) is 0 Å². The molecule has 5 heteroatoms. The van der Waals surface area contributed by atoms with Gasteiger partial charge in [0.15, 0.2) is 17.3 Å². The highest BCUT2D eigenvalue weighted by atomic mass is 16.6. The number of fused-ring (bicyclic) bond motifs is 1. The largest absolute Gasteiger partial charge is 0.486 e. The maximum Gasteiger partial charge on any atom is 0.166 e. The number of nitrogens with two attached hydrogens (primary N) is 1. The van der Waals surface area contributed by atoms with Crippen molar-refractivity contribution in [2.24, 2.45) is 5.92 Å². The van der Waals surface area contributed by atoms with Gasteiger partial charge in [-0.1, -0.05) is 6.92 Å². The molecule has 2 aliphatic heterocycles. The predicted molar refractivity (Wildman–Crippen MR) is 85.6 cm³/mol. The van der Waals surface area contributed by atoms with Crippen molar-refractivity contribution in [3.05, 3.63) is 17.7 Å². The molecule has 0 saturated carbocycles. The molecule has 0 spiro atoms. The lowest BCUT2D eigenvalue weighted by molar-refractivity contribution is 0.0949. The fourth-order valence-electron chi connectivity index (χ4n) is 3.23. The van der Waals surface area contributed by atoms with Crippen LogP contribution in [0.4, 0.5) is 5.69 Å². The average molecular weight is 304 g/mol. The summed E-state index contributed by atoms with van der Waals surface area (Å²) < 4.78 is 11.0. The number of Topliss-reactive ketones (excluding diaryl/α,β-unsaturated/α-hetero) is 1. The predicted octanol–water partition coefficient (Wildman–Crippen LogP) is 2.34. The smallest absolute Gasteiger partial charge is 0.166 e. The van der Waals surface area contributed by atoms with Gasteiger partial charge >= 0.3 is 0 Å². The molecule has 1 atom stereocenters. The molecule has 1 fully saturated rings. The standard InChI is InChI=1S/C17H24N2O3/c1-12-3-2-5-19(11-12)6-4-15(20)13-9-16-17(10-14(13)18)22-8-7-21-16/h9-10,12H,2-8,11,18H2,1H3. The summed E-state index contributed by atoms with van der Waals surface area (Å²) in [4.78, 5) is 14.8. The molecule has 1 saturated heterocycles. The molecule has 3 rings (SSSR count). The number of benzene rings is 1. The average Bonchev–Trinajstić information content (AvgIpc) is 2.52. The number of carbonyl (C=O) groups is 1. The molecule has 2 N–H and O–H groups in total. The van der Waals surface area contributed by atoms with E-state index in [-0.39, 0.29) is 5.78 Å². The molecule has 1 aromatic carbocycles. The van der Waals surface area contributed by atoms with Gasteiger partial charge in [0.25, 0.3) is 0 Å². The molecular weight excluding hydrogens is 280 g/mol. The zero-order valence-electron chi connectivity index (χ0n) is 13.1. The summed E-state index contributed by atoms with van der Waals surface area (Å²) in [6.07, 6.45) is 3.01. The van der Waals surface area contributed by atoms with Gasteiger partial charge in [0, 0.05) is 36.8 Å². The van der Waals surface area contributed by atoms with Crippen LogP contribution in [0.2, 0.25) is 0 Å². The van der Waals surface area contributed by atoms with E-state index in [1.807, 2.05) is 0 Å². The van der Waals surface area contributed by atoms with Crippen molar-refractivity contribution in [1.29, 1.82) is 0 Å². The van der Waals surface area contributed by atoms with Crippen molar-refractivity contribution in [3.63, 3.8) is 0 Å². The zero-order valence-corrected chi connectivity index (χ0v) is 13.1. The molecule has 0 bridgehead atoms. The number of ether oxygens (including phenoxy) is 2. The number of likely N-dealkylation sites (tertiary alicyclic amines) is 1. The second kappa shape index (κ2) is 6.57. The Kier molecular flexibility index (Phi) is 4.52. The molecule has 2 aliphatic rings. The number of hydrogen-bond donors (Lipinski definition) is 1. The summed E-state index contributed by atoms with van der Waals surface area (Å²) in [5.74, 6) is 2.05. The van der Waals surface area contributed by atoms with Crippen LogP contribution >= 0.6 is 0 Å². The Bertz CT molecular complexity index is 559. The molecule has 0 aromatic heterocycles. The number of carbonyl (C=O) groups excluding carboxylic acids is 1. The molecule has 0 amide bonds. The molecule has 1 aromatic rings. The van der Waals surface area contributed by atoms with Crippen LogP contribution in [0.1, 0.15) is 36.5 Å². The van der Waals surface area contributed by atoms with Crippen LogP contribution in [-0.2, 0) is 0 Å². The van der Waals surface area contributed by atoms with Gasteiger partial charge in [-0.2, -0.15) is 0 Å². The maximum atomic E-state index is 12.5. The van der Waals surface area contributed by atoms with Crippen molar-refractivity contribution in [2.45, 2.75) is 26.2 Å². The number of nitrogens with zero attached hydrogens (tertiary/aromatic N) is 1. The number of anilines is 1. The van der Waals surface area contributed by atoms with Crippen LogP contribution in [0.5, 0.6) is 11.5 Å². The quantitative estimate of drug-likeness (QED) is 0.683. The zero-order chi connectivity index (χ0) is 15.5. The molecule has 0 radical (unpaired) electrons. The fraction of sp³-hybridized carbons (Fsp3) is 0.588. The SMILES string of the molecule is CC1CCCN(CCC(=O)c2cc3c(cc2N)OCCO3)C1. The Morgan fingerprint density at radius 1 is 1.32 bits per heavy atom. The molecule has 1 unspecified atom stereocenters. The van der Waals surface area contributed by atoms with E-state index in [0.717, 1.165) is 25.6 Å². The molecule has 2 heterocycles.